The zero-order valence-corrected chi connectivity index (χ0v) is 11.7. The zero-order chi connectivity index (χ0) is 13.7. The molecule has 18 heavy (non-hydrogen) atoms. The summed E-state index contributed by atoms with van der Waals surface area (Å²) in [6.07, 6.45) is 3.59. The van der Waals surface area contributed by atoms with Gasteiger partial charge in [0, 0.05) is 11.9 Å². The van der Waals surface area contributed by atoms with E-state index < -0.39 is 0 Å². The molecule has 0 N–H and O–H groups in total. The third kappa shape index (κ3) is 3.42. The Labute approximate surface area is 108 Å². The summed E-state index contributed by atoms with van der Waals surface area (Å²) < 4.78 is 15.3. The lowest BCUT2D eigenvalue weighted by molar-refractivity contribution is 0.622. The number of imidazole rings is 1. The highest BCUT2D eigenvalue weighted by Gasteiger charge is 2.06. The van der Waals surface area contributed by atoms with Crippen molar-refractivity contribution in [2.75, 3.05) is 0 Å². The van der Waals surface area contributed by atoms with E-state index in [1.54, 1.807) is 12.4 Å². The van der Waals surface area contributed by atoms with E-state index in [-0.39, 0.29) is 5.82 Å². The van der Waals surface area contributed by atoms with Crippen LogP contribution in [0.4, 0.5) is 4.39 Å². The van der Waals surface area contributed by atoms with Crippen molar-refractivity contribution in [3.63, 3.8) is 0 Å². The number of benzene rings is 1. The van der Waals surface area contributed by atoms with Crippen LogP contribution in [0.1, 0.15) is 44.9 Å². The van der Waals surface area contributed by atoms with E-state index in [1.165, 1.54) is 6.07 Å². The first kappa shape index (κ1) is 14.4. The first-order valence-corrected chi connectivity index (χ1v) is 6.37. The molecule has 0 unspecified atom stereocenters. The van der Waals surface area contributed by atoms with E-state index >= 15 is 0 Å². The van der Waals surface area contributed by atoms with Gasteiger partial charge in [0.2, 0.25) is 0 Å². The highest BCUT2D eigenvalue weighted by molar-refractivity contribution is 5.38. The molecule has 0 aliphatic carbocycles. The maximum atomic E-state index is 13.4. The van der Waals surface area contributed by atoms with E-state index in [9.17, 15) is 4.39 Å². The summed E-state index contributed by atoms with van der Waals surface area (Å²) in [5, 5.41) is 0. The molecular formula is C15H21FN2. The SMILES string of the molecule is CC.Cc1cn(-c2cc(F)cc(C(C)C)c2)cn1. The van der Waals surface area contributed by atoms with Crippen LogP contribution >= 0.6 is 0 Å². The highest BCUT2D eigenvalue weighted by Crippen LogP contribution is 2.20. The standard InChI is InChI=1S/C13H15FN2.C2H6/c1-9(2)11-4-12(14)6-13(5-11)16-7-10(3)15-8-16;1-2/h4-9H,1-3H3;1-2H3. The fourth-order valence-electron chi connectivity index (χ4n) is 1.64. The second-order valence-electron chi connectivity index (χ2n) is 4.32. The molecule has 0 fully saturated rings. The third-order valence-electron chi connectivity index (χ3n) is 2.58. The topological polar surface area (TPSA) is 17.8 Å². The van der Waals surface area contributed by atoms with Gasteiger partial charge in [-0.05, 0) is 36.6 Å². The maximum Gasteiger partial charge on any atom is 0.125 e. The molecule has 0 amide bonds. The summed E-state index contributed by atoms with van der Waals surface area (Å²) in [7, 11) is 0. The third-order valence-corrected chi connectivity index (χ3v) is 2.58. The van der Waals surface area contributed by atoms with E-state index in [0.29, 0.717) is 5.92 Å². The smallest absolute Gasteiger partial charge is 0.125 e. The van der Waals surface area contributed by atoms with E-state index in [2.05, 4.69) is 18.8 Å². The summed E-state index contributed by atoms with van der Waals surface area (Å²) in [6, 6.07) is 5.10. The van der Waals surface area contributed by atoms with Gasteiger partial charge in [0.15, 0.2) is 0 Å². The maximum absolute atomic E-state index is 13.4. The molecule has 0 aliphatic heterocycles. The van der Waals surface area contributed by atoms with Gasteiger partial charge in [-0.1, -0.05) is 27.7 Å². The van der Waals surface area contributed by atoms with Gasteiger partial charge in [0.05, 0.1) is 12.0 Å². The van der Waals surface area contributed by atoms with Crippen LogP contribution in [0.25, 0.3) is 5.69 Å². The van der Waals surface area contributed by atoms with E-state index in [4.69, 9.17) is 0 Å². The van der Waals surface area contributed by atoms with Crippen LogP contribution in [0.5, 0.6) is 0 Å². The molecule has 0 saturated carbocycles. The van der Waals surface area contributed by atoms with Crippen molar-refractivity contribution in [3.05, 3.63) is 47.8 Å². The highest BCUT2D eigenvalue weighted by atomic mass is 19.1. The lowest BCUT2D eigenvalue weighted by atomic mass is 10.0. The van der Waals surface area contributed by atoms with Gasteiger partial charge in [-0.25, -0.2) is 9.37 Å². The lowest BCUT2D eigenvalue weighted by Gasteiger charge is -2.09. The minimum atomic E-state index is -0.201. The fourth-order valence-corrected chi connectivity index (χ4v) is 1.64. The quantitative estimate of drug-likeness (QED) is 0.766. The molecule has 2 aromatic rings. The molecule has 0 saturated heterocycles. The fraction of sp³-hybridized carbons (Fsp3) is 0.400. The Morgan fingerprint density at radius 2 is 1.83 bits per heavy atom. The predicted molar refractivity (Wildman–Crippen MR) is 73.7 cm³/mol. The van der Waals surface area contributed by atoms with Crippen molar-refractivity contribution in [2.24, 2.45) is 0 Å². The summed E-state index contributed by atoms with van der Waals surface area (Å²) >= 11 is 0. The Kier molecular flexibility index (Phi) is 5.08. The Balaban J connectivity index is 0.000000771. The summed E-state index contributed by atoms with van der Waals surface area (Å²) in [6.45, 7) is 10.0. The van der Waals surface area contributed by atoms with E-state index in [1.807, 2.05) is 37.6 Å². The molecule has 0 atom stereocenters. The molecule has 2 rings (SSSR count). The molecule has 98 valence electrons. The van der Waals surface area contributed by atoms with Crippen LogP contribution in [0, 0.1) is 12.7 Å². The van der Waals surface area contributed by atoms with Gasteiger partial charge in [-0.15, -0.1) is 0 Å². The summed E-state index contributed by atoms with van der Waals surface area (Å²) in [5.41, 5.74) is 2.75. The molecule has 0 spiro atoms. The number of aromatic nitrogens is 2. The first-order chi connectivity index (χ1) is 8.56. The van der Waals surface area contributed by atoms with Crippen LogP contribution in [0.2, 0.25) is 0 Å². The Morgan fingerprint density at radius 1 is 1.17 bits per heavy atom. The normalized spacial score (nSPS) is 10.2. The van der Waals surface area contributed by atoms with Gasteiger partial charge < -0.3 is 4.57 Å². The minimum absolute atomic E-state index is 0.201. The number of aryl methyl sites for hydroxylation is 1. The predicted octanol–water partition coefficient (Wildman–Crippen LogP) is 4.47. The number of hydrogen-bond acceptors (Lipinski definition) is 1. The largest absolute Gasteiger partial charge is 0.306 e. The average Bonchev–Trinajstić information content (AvgIpc) is 2.78. The molecule has 2 nitrogen and oxygen atoms in total. The second kappa shape index (κ2) is 6.34. The van der Waals surface area contributed by atoms with Crippen molar-refractivity contribution in [1.29, 1.82) is 0 Å². The average molecular weight is 248 g/mol. The summed E-state index contributed by atoms with van der Waals surface area (Å²) in [4.78, 5) is 4.14. The van der Waals surface area contributed by atoms with Crippen LogP contribution in [-0.2, 0) is 0 Å². The van der Waals surface area contributed by atoms with Crippen molar-refractivity contribution >= 4 is 0 Å². The minimum Gasteiger partial charge on any atom is -0.306 e. The van der Waals surface area contributed by atoms with Gasteiger partial charge in [-0.3, -0.25) is 0 Å². The molecule has 1 aromatic carbocycles. The lowest BCUT2D eigenvalue weighted by Crippen LogP contribution is -1.96. The zero-order valence-electron chi connectivity index (χ0n) is 11.7. The van der Waals surface area contributed by atoms with Gasteiger partial charge in [0.25, 0.3) is 0 Å². The van der Waals surface area contributed by atoms with Crippen LogP contribution < -0.4 is 0 Å². The molecule has 1 aromatic heterocycles. The Morgan fingerprint density at radius 3 is 2.33 bits per heavy atom. The second-order valence-corrected chi connectivity index (χ2v) is 4.32. The van der Waals surface area contributed by atoms with Gasteiger partial charge >= 0.3 is 0 Å². The molecule has 3 heteroatoms. The molecule has 1 heterocycles. The van der Waals surface area contributed by atoms with Crippen molar-refractivity contribution < 1.29 is 4.39 Å². The van der Waals surface area contributed by atoms with Gasteiger partial charge in [-0.2, -0.15) is 0 Å². The summed E-state index contributed by atoms with van der Waals surface area (Å²) in [5.74, 6) is 0.117. The molecular weight excluding hydrogens is 227 g/mol. The molecule has 0 aliphatic rings. The number of rotatable bonds is 2. The van der Waals surface area contributed by atoms with Crippen molar-refractivity contribution in [1.82, 2.24) is 9.55 Å². The van der Waals surface area contributed by atoms with E-state index in [0.717, 1.165) is 16.9 Å². The molecule has 0 radical (unpaired) electrons. The number of halogens is 1. The number of hydrogen-bond donors (Lipinski definition) is 0. The molecule has 0 bridgehead atoms. The van der Waals surface area contributed by atoms with Crippen molar-refractivity contribution in [2.45, 2.75) is 40.5 Å². The number of nitrogens with zero attached hydrogens (tertiary/aromatic N) is 2. The van der Waals surface area contributed by atoms with Crippen LogP contribution in [0.15, 0.2) is 30.7 Å². The van der Waals surface area contributed by atoms with Crippen LogP contribution in [-0.4, -0.2) is 9.55 Å². The van der Waals surface area contributed by atoms with Crippen LogP contribution in [0.3, 0.4) is 0 Å². The Hall–Kier alpha value is -1.64. The van der Waals surface area contributed by atoms with Gasteiger partial charge in [0.1, 0.15) is 5.82 Å². The Bertz CT molecular complexity index is 501. The van der Waals surface area contributed by atoms with Crippen molar-refractivity contribution in [3.8, 4) is 5.69 Å². The first-order valence-electron chi connectivity index (χ1n) is 6.37. The monoisotopic (exact) mass is 248 g/mol.